The first-order valence-corrected chi connectivity index (χ1v) is 12.9. The number of nitrogens with zero attached hydrogens (tertiary/aromatic N) is 2. The Morgan fingerprint density at radius 1 is 0.811 bits per heavy atom. The second-order valence-corrected chi connectivity index (χ2v) is 9.51. The normalized spacial score (nSPS) is 16.6. The van der Waals surface area contributed by atoms with Gasteiger partial charge in [0.15, 0.2) is 0 Å². The number of ether oxygens (including phenoxy) is 1. The van der Waals surface area contributed by atoms with Crippen molar-refractivity contribution in [2.45, 2.75) is 26.4 Å². The molecular weight excluding hydrogens is 456 g/mol. The Kier molecular flexibility index (Phi) is 5.60. The van der Waals surface area contributed by atoms with Gasteiger partial charge in [-0.1, -0.05) is 66.7 Å². The third kappa shape index (κ3) is 3.40. The number of pyridine rings is 1. The topological polar surface area (TPSA) is 34.0 Å². The van der Waals surface area contributed by atoms with E-state index >= 15 is 0 Å². The Balaban J connectivity index is 1.72. The summed E-state index contributed by atoms with van der Waals surface area (Å²) in [7, 11) is 0. The molecular formula is C33H30N2O2. The van der Waals surface area contributed by atoms with E-state index in [0.29, 0.717) is 5.56 Å². The summed E-state index contributed by atoms with van der Waals surface area (Å²) in [6, 6.07) is 32.9. The molecule has 184 valence electrons. The zero-order chi connectivity index (χ0) is 25.6. The van der Waals surface area contributed by atoms with Crippen LogP contribution >= 0.6 is 0 Å². The van der Waals surface area contributed by atoms with Crippen LogP contribution in [0.3, 0.4) is 0 Å². The molecule has 1 aliphatic heterocycles. The second-order valence-electron chi connectivity index (χ2n) is 9.51. The smallest absolute Gasteiger partial charge is 0.340 e. The molecule has 0 radical (unpaired) electrons. The summed E-state index contributed by atoms with van der Waals surface area (Å²) in [4.78, 5) is 15.8. The van der Waals surface area contributed by atoms with E-state index in [1.54, 1.807) is 0 Å². The lowest BCUT2D eigenvalue weighted by Gasteiger charge is -2.32. The molecule has 3 heterocycles. The van der Waals surface area contributed by atoms with Gasteiger partial charge in [0.25, 0.3) is 0 Å². The van der Waals surface area contributed by atoms with Crippen molar-refractivity contribution in [3.05, 3.63) is 131 Å². The molecule has 4 heteroatoms. The summed E-state index contributed by atoms with van der Waals surface area (Å²) >= 11 is 0. The number of carbonyl (C=O) groups is 1. The molecule has 0 amide bonds. The molecule has 1 aliphatic rings. The number of hydrogen-bond acceptors (Lipinski definition) is 3. The van der Waals surface area contributed by atoms with Crippen molar-refractivity contribution in [2.75, 3.05) is 18.0 Å². The van der Waals surface area contributed by atoms with Gasteiger partial charge in [-0.15, -0.1) is 0 Å². The number of anilines is 1. The maximum absolute atomic E-state index is 13.4. The van der Waals surface area contributed by atoms with Crippen LogP contribution in [-0.2, 0) is 10.3 Å². The molecule has 37 heavy (non-hydrogen) atoms. The molecule has 3 aromatic carbocycles. The first kappa shape index (κ1) is 23.1. The summed E-state index contributed by atoms with van der Waals surface area (Å²) in [5, 5.41) is 0. The highest BCUT2D eigenvalue weighted by Gasteiger charge is 2.51. The SMILES string of the molecule is CCN(CC)c1ccc(C2(c3c(-c4ccccc4)c(C)c4ccccn34)OC(=O)c3ccccc32)cc1. The van der Waals surface area contributed by atoms with Crippen molar-refractivity contribution in [3.63, 3.8) is 0 Å². The fourth-order valence-electron chi connectivity index (χ4n) is 5.91. The molecule has 0 spiro atoms. The van der Waals surface area contributed by atoms with Crippen molar-refractivity contribution < 1.29 is 9.53 Å². The van der Waals surface area contributed by atoms with Crippen molar-refractivity contribution in [2.24, 2.45) is 0 Å². The van der Waals surface area contributed by atoms with Crippen molar-refractivity contribution >= 4 is 17.2 Å². The molecule has 4 nitrogen and oxygen atoms in total. The Morgan fingerprint density at radius 3 is 2.22 bits per heavy atom. The highest BCUT2D eigenvalue weighted by molar-refractivity contribution is 5.97. The van der Waals surface area contributed by atoms with E-state index in [1.807, 2.05) is 36.4 Å². The van der Waals surface area contributed by atoms with Gasteiger partial charge in [0.05, 0.1) is 11.3 Å². The molecule has 0 N–H and O–H groups in total. The summed E-state index contributed by atoms with van der Waals surface area (Å²) < 4.78 is 8.75. The number of aromatic nitrogens is 1. The Labute approximate surface area is 217 Å². The Hall–Kier alpha value is -4.31. The van der Waals surface area contributed by atoms with Crippen molar-refractivity contribution in [1.82, 2.24) is 4.40 Å². The van der Waals surface area contributed by atoms with E-state index in [1.165, 1.54) is 0 Å². The predicted octanol–water partition coefficient (Wildman–Crippen LogP) is 7.22. The summed E-state index contributed by atoms with van der Waals surface area (Å²) in [6.07, 6.45) is 2.07. The van der Waals surface area contributed by atoms with Gasteiger partial charge >= 0.3 is 5.97 Å². The molecule has 0 fully saturated rings. The van der Waals surface area contributed by atoms with Gasteiger partial charge in [-0.05, 0) is 62.2 Å². The average molecular weight is 487 g/mol. The molecule has 0 saturated carbocycles. The lowest BCUT2D eigenvalue weighted by atomic mass is 9.79. The fraction of sp³-hybridized carbons (Fsp3) is 0.182. The largest absolute Gasteiger partial charge is 0.439 e. The molecule has 0 bridgehead atoms. The number of rotatable bonds is 6. The van der Waals surface area contributed by atoms with Gasteiger partial charge in [0, 0.05) is 47.2 Å². The van der Waals surface area contributed by atoms with Crippen LogP contribution in [0, 0.1) is 6.92 Å². The molecule has 6 rings (SSSR count). The van der Waals surface area contributed by atoms with E-state index < -0.39 is 5.60 Å². The van der Waals surface area contributed by atoms with E-state index in [9.17, 15) is 4.79 Å². The van der Waals surface area contributed by atoms with Crippen LogP contribution in [-0.4, -0.2) is 23.5 Å². The van der Waals surface area contributed by atoms with Crippen LogP contribution in [0.2, 0.25) is 0 Å². The highest BCUT2D eigenvalue weighted by Crippen LogP contribution is 2.51. The van der Waals surface area contributed by atoms with Crippen molar-refractivity contribution in [1.29, 1.82) is 0 Å². The fourth-order valence-corrected chi connectivity index (χ4v) is 5.91. The van der Waals surface area contributed by atoms with Crippen LogP contribution in [0.1, 0.15) is 46.6 Å². The number of carbonyl (C=O) groups excluding carboxylic acids is 1. The van der Waals surface area contributed by atoms with Gasteiger partial charge in [-0.25, -0.2) is 4.79 Å². The zero-order valence-electron chi connectivity index (χ0n) is 21.4. The molecule has 0 aliphatic carbocycles. The van der Waals surface area contributed by atoms with Gasteiger partial charge in [0.2, 0.25) is 5.60 Å². The average Bonchev–Trinajstić information content (AvgIpc) is 3.42. The number of hydrogen-bond donors (Lipinski definition) is 0. The van der Waals surface area contributed by atoms with E-state index in [4.69, 9.17) is 4.74 Å². The van der Waals surface area contributed by atoms with E-state index in [-0.39, 0.29) is 5.97 Å². The lowest BCUT2D eigenvalue weighted by molar-refractivity contribution is 0.0238. The molecule has 0 saturated heterocycles. The minimum atomic E-state index is -1.10. The molecule has 1 unspecified atom stereocenters. The first-order chi connectivity index (χ1) is 18.1. The standard InChI is InChI=1S/C33H30N2O2/c1-4-34(5-2)26-20-18-25(19-21-26)33(28-16-10-9-15-27(28)32(36)37-33)31-30(24-13-7-6-8-14-24)23(3)29-17-11-12-22-35(29)31/h6-22H,4-5H2,1-3H3. The zero-order valence-corrected chi connectivity index (χ0v) is 21.4. The summed E-state index contributed by atoms with van der Waals surface area (Å²) in [5.41, 5.74) is 7.84. The maximum Gasteiger partial charge on any atom is 0.340 e. The van der Waals surface area contributed by atoms with Gasteiger partial charge < -0.3 is 14.0 Å². The quantitative estimate of drug-likeness (QED) is 0.238. The minimum absolute atomic E-state index is 0.300. The van der Waals surface area contributed by atoms with Crippen LogP contribution < -0.4 is 4.90 Å². The van der Waals surface area contributed by atoms with Crippen molar-refractivity contribution in [3.8, 4) is 11.1 Å². The van der Waals surface area contributed by atoms with E-state index in [0.717, 1.165) is 57.8 Å². The first-order valence-electron chi connectivity index (χ1n) is 12.9. The monoisotopic (exact) mass is 486 g/mol. The third-order valence-corrected chi connectivity index (χ3v) is 7.67. The van der Waals surface area contributed by atoms with Gasteiger partial charge in [0.1, 0.15) is 0 Å². The van der Waals surface area contributed by atoms with E-state index in [2.05, 4.69) is 96.9 Å². The van der Waals surface area contributed by atoms with Crippen LogP contribution in [0.15, 0.2) is 103 Å². The maximum atomic E-state index is 13.4. The molecule has 1 atom stereocenters. The number of cyclic esters (lactones) is 1. The second kappa shape index (κ2) is 8.97. The lowest BCUT2D eigenvalue weighted by Crippen LogP contribution is -2.32. The third-order valence-electron chi connectivity index (χ3n) is 7.67. The van der Waals surface area contributed by atoms with Gasteiger partial charge in [-0.3, -0.25) is 0 Å². The highest BCUT2D eigenvalue weighted by atomic mass is 16.6. The number of fused-ring (bicyclic) bond motifs is 2. The minimum Gasteiger partial charge on any atom is -0.439 e. The number of benzene rings is 3. The van der Waals surface area contributed by atoms with Crippen LogP contribution in [0.25, 0.3) is 16.6 Å². The molecule has 5 aromatic rings. The van der Waals surface area contributed by atoms with Crippen LogP contribution in [0.5, 0.6) is 0 Å². The summed E-state index contributed by atoms with van der Waals surface area (Å²) in [6.45, 7) is 8.34. The summed E-state index contributed by atoms with van der Waals surface area (Å²) in [5.74, 6) is -0.300. The Morgan fingerprint density at radius 2 is 1.49 bits per heavy atom. The number of aryl methyl sites for hydroxylation is 1. The van der Waals surface area contributed by atoms with Gasteiger partial charge in [-0.2, -0.15) is 0 Å². The Bertz CT molecular complexity index is 1600. The van der Waals surface area contributed by atoms with Crippen LogP contribution in [0.4, 0.5) is 5.69 Å². The number of esters is 1. The molecule has 2 aromatic heterocycles. The predicted molar refractivity (Wildman–Crippen MR) is 149 cm³/mol.